The van der Waals surface area contributed by atoms with Crippen LogP contribution in [0.2, 0.25) is 0 Å². The first kappa shape index (κ1) is 17.4. The molecule has 0 bridgehead atoms. The lowest BCUT2D eigenvalue weighted by Gasteiger charge is -2.33. The summed E-state index contributed by atoms with van der Waals surface area (Å²) in [4.78, 5) is 15.1. The molecule has 4 heteroatoms. The molecule has 3 unspecified atom stereocenters. The zero-order valence-electron chi connectivity index (χ0n) is 15.2. The van der Waals surface area contributed by atoms with E-state index in [0.29, 0.717) is 17.9 Å². The molecule has 1 amide bonds. The number of carbonyl (C=O) groups is 1. The Labute approximate surface area is 156 Å². The largest absolute Gasteiger partial charge is 0.341 e. The van der Waals surface area contributed by atoms with Gasteiger partial charge in [0.25, 0.3) is 0 Å². The average molecular weight is 359 g/mol. The van der Waals surface area contributed by atoms with E-state index in [1.165, 1.54) is 37.7 Å². The van der Waals surface area contributed by atoms with Crippen molar-refractivity contribution in [2.24, 2.45) is 5.92 Å². The molecule has 25 heavy (non-hydrogen) atoms. The number of benzene rings is 1. The lowest BCUT2D eigenvalue weighted by atomic mass is 9.90. The molecule has 3 atom stereocenters. The first-order valence-electron chi connectivity index (χ1n) is 9.94. The van der Waals surface area contributed by atoms with E-state index < -0.39 is 0 Å². The fourth-order valence-corrected chi connectivity index (χ4v) is 5.47. The minimum absolute atomic E-state index is 0.232. The Morgan fingerprint density at radius 3 is 2.64 bits per heavy atom. The van der Waals surface area contributed by atoms with Crippen LogP contribution < -0.4 is 4.72 Å². The van der Waals surface area contributed by atoms with Crippen molar-refractivity contribution in [2.45, 2.75) is 62.8 Å². The lowest BCUT2D eigenvalue weighted by molar-refractivity contribution is -0.133. The number of hydrogen-bond acceptors (Lipinski definition) is 3. The molecule has 2 aliphatic carbocycles. The first-order valence-corrected chi connectivity index (χ1v) is 11.2. The van der Waals surface area contributed by atoms with Gasteiger partial charge < -0.3 is 4.90 Å². The highest BCUT2D eigenvalue weighted by Crippen LogP contribution is 2.52. The highest BCUT2D eigenvalue weighted by Gasteiger charge is 2.47. The molecular formula is C21H30N2OS. The van der Waals surface area contributed by atoms with Crippen LogP contribution in [0, 0.1) is 5.92 Å². The van der Waals surface area contributed by atoms with E-state index >= 15 is 0 Å². The Kier molecular flexibility index (Phi) is 5.37. The number of nitrogens with zero attached hydrogens (tertiary/aromatic N) is 1. The van der Waals surface area contributed by atoms with Crippen molar-refractivity contribution in [1.82, 2.24) is 9.62 Å². The number of nitrogens with one attached hydrogen (secondary N) is 1. The molecule has 0 aromatic heterocycles. The number of rotatable bonds is 5. The molecule has 0 spiro atoms. The number of amides is 1. The first-order chi connectivity index (χ1) is 12.3. The highest BCUT2D eigenvalue weighted by atomic mass is 32.2. The summed E-state index contributed by atoms with van der Waals surface area (Å²) in [6.07, 6.45) is 10.8. The summed E-state index contributed by atoms with van der Waals surface area (Å²) < 4.78 is 3.44. The number of carbonyl (C=O) groups excluding carboxylic acids is 1. The Bertz CT molecular complexity index is 612. The van der Waals surface area contributed by atoms with Crippen molar-refractivity contribution in [1.29, 1.82) is 0 Å². The smallest absolute Gasteiger partial charge is 0.226 e. The zero-order valence-corrected chi connectivity index (χ0v) is 16.1. The van der Waals surface area contributed by atoms with E-state index in [-0.39, 0.29) is 5.92 Å². The summed E-state index contributed by atoms with van der Waals surface area (Å²) >= 11 is 1.67. The topological polar surface area (TPSA) is 32.3 Å². The Morgan fingerprint density at radius 1 is 1.12 bits per heavy atom. The summed E-state index contributed by atoms with van der Waals surface area (Å²) in [6, 6.07) is 9.41. The van der Waals surface area contributed by atoms with Crippen LogP contribution in [0.25, 0.3) is 0 Å². The molecule has 3 fully saturated rings. The molecule has 1 heterocycles. The minimum atomic E-state index is 0.232. The number of hydrogen-bond donors (Lipinski definition) is 1. The Hall–Kier alpha value is -1.00. The fraction of sp³-hybridized carbons (Fsp3) is 0.667. The van der Waals surface area contributed by atoms with Crippen LogP contribution in [0.4, 0.5) is 0 Å². The summed E-state index contributed by atoms with van der Waals surface area (Å²) in [5.74, 6) is 1.84. The van der Waals surface area contributed by atoms with E-state index in [2.05, 4.69) is 40.1 Å². The van der Waals surface area contributed by atoms with Crippen molar-refractivity contribution in [3.05, 3.63) is 35.4 Å². The molecule has 3 aliphatic rings. The van der Waals surface area contributed by atoms with Gasteiger partial charge in [0.15, 0.2) is 0 Å². The second kappa shape index (κ2) is 7.71. The van der Waals surface area contributed by atoms with Crippen molar-refractivity contribution in [3.8, 4) is 0 Å². The third kappa shape index (κ3) is 3.75. The normalized spacial score (nSPS) is 29.8. The Morgan fingerprint density at radius 2 is 1.88 bits per heavy atom. The Balaban J connectivity index is 1.43. The van der Waals surface area contributed by atoms with E-state index in [1.807, 2.05) is 0 Å². The van der Waals surface area contributed by atoms with Gasteiger partial charge in [-0.05, 0) is 61.3 Å². The number of likely N-dealkylation sites (tertiary alicyclic amines) is 1. The maximum Gasteiger partial charge on any atom is 0.226 e. The van der Waals surface area contributed by atoms with Crippen molar-refractivity contribution in [2.75, 3.05) is 19.3 Å². The molecule has 1 aliphatic heterocycles. The maximum atomic E-state index is 13.0. The van der Waals surface area contributed by atoms with Gasteiger partial charge in [-0.2, -0.15) is 0 Å². The standard InChI is InChI=1S/C21H30N2OS/c1-25-22-16-9-6-12-23(14-16)21(24)20-13-19(20)18-11-5-4-10-17(18)15-7-2-3-8-15/h4-5,10-11,15-16,19-20,22H,2-3,6-9,12-14H2,1H3. The van der Waals surface area contributed by atoms with Crippen LogP contribution in [-0.4, -0.2) is 36.2 Å². The van der Waals surface area contributed by atoms with Crippen LogP contribution in [0.15, 0.2) is 24.3 Å². The molecule has 1 aromatic carbocycles. The summed E-state index contributed by atoms with van der Waals surface area (Å²) in [5, 5.41) is 0. The highest BCUT2D eigenvalue weighted by molar-refractivity contribution is 7.96. The minimum Gasteiger partial charge on any atom is -0.341 e. The molecule has 0 radical (unpaired) electrons. The van der Waals surface area contributed by atoms with Crippen molar-refractivity contribution < 1.29 is 4.79 Å². The monoisotopic (exact) mass is 358 g/mol. The molecule has 3 nitrogen and oxygen atoms in total. The molecule has 4 rings (SSSR count). The van der Waals surface area contributed by atoms with Crippen molar-refractivity contribution in [3.63, 3.8) is 0 Å². The molecular weight excluding hydrogens is 328 g/mol. The van der Waals surface area contributed by atoms with E-state index in [4.69, 9.17) is 0 Å². The van der Waals surface area contributed by atoms with Crippen LogP contribution in [0.5, 0.6) is 0 Å². The number of piperidine rings is 1. The predicted molar refractivity (Wildman–Crippen MR) is 105 cm³/mol. The average Bonchev–Trinajstić information content (AvgIpc) is 3.25. The molecule has 2 saturated carbocycles. The van der Waals surface area contributed by atoms with Gasteiger partial charge in [-0.3, -0.25) is 9.52 Å². The second-order valence-electron chi connectivity index (χ2n) is 8.00. The third-order valence-corrected chi connectivity index (χ3v) is 6.88. The van der Waals surface area contributed by atoms with Gasteiger partial charge in [0.05, 0.1) is 0 Å². The van der Waals surface area contributed by atoms with Crippen LogP contribution in [-0.2, 0) is 4.79 Å². The van der Waals surface area contributed by atoms with Gasteiger partial charge in [-0.1, -0.05) is 49.1 Å². The van der Waals surface area contributed by atoms with Gasteiger partial charge in [-0.15, -0.1) is 0 Å². The third-order valence-electron chi connectivity index (χ3n) is 6.32. The maximum absolute atomic E-state index is 13.0. The summed E-state index contributed by atoms with van der Waals surface area (Å²) in [6.45, 7) is 1.83. The zero-order chi connectivity index (χ0) is 17.2. The lowest BCUT2D eigenvalue weighted by Crippen LogP contribution is -2.47. The van der Waals surface area contributed by atoms with E-state index in [0.717, 1.165) is 31.8 Å². The summed E-state index contributed by atoms with van der Waals surface area (Å²) in [5.41, 5.74) is 3.02. The predicted octanol–water partition coefficient (Wildman–Crippen LogP) is 4.31. The second-order valence-corrected chi connectivity index (χ2v) is 8.65. The van der Waals surface area contributed by atoms with Crippen LogP contribution >= 0.6 is 11.9 Å². The fourth-order valence-electron chi connectivity index (χ4n) is 4.94. The van der Waals surface area contributed by atoms with E-state index in [1.54, 1.807) is 17.5 Å². The van der Waals surface area contributed by atoms with Gasteiger partial charge in [0.1, 0.15) is 0 Å². The van der Waals surface area contributed by atoms with Gasteiger partial charge in [0.2, 0.25) is 5.91 Å². The molecule has 1 aromatic rings. The SMILES string of the molecule is CSNC1CCCN(C(=O)C2CC2c2ccccc2C2CCCC2)C1. The van der Waals surface area contributed by atoms with Crippen LogP contribution in [0.1, 0.15) is 67.9 Å². The summed E-state index contributed by atoms with van der Waals surface area (Å²) in [7, 11) is 0. The van der Waals surface area contributed by atoms with Crippen molar-refractivity contribution >= 4 is 17.9 Å². The van der Waals surface area contributed by atoms with Gasteiger partial charge in [0, 0.05) is 25.0 Å². The van der Waals surface area contributed by atoms with E-state index in [9.17, 15) is 4.79 Å². The molecule has 1 N–H and O–H groups in total. The molecule has 136 valence electrons. The van der Waals surface area contributed by atoms with Gasteiger partial charge >= 0.3 is 0 Å². The quantitative estimate of drug-likeness (QED) is 0.796. The van der Waals surface area contributed by atoms with Gasteiger partial charge in [-0.25, -0.2) is 0 Å². The van der Waals surface area contributed by atoms with Crippen LogP contribution in [0.3, 0.4) is 0 Å². The molecule has 1 saturated heterocycles.